The molecule has 0 saturated heterocycles. The summed E-state index contributed by atoms with van der Waals surface area (Å²) in [5.74, 6) is -0.481. The Bertz CT molecular complexity index is 642. The predicted octanol–water partition coefficient (Wildman–Crippen LogP) is 6.24. The van der Waals surface area contributed by atoms with Gasteiger partial charge >= 0.3 is 0 Å². The van der Waals surface area contributed by atoms with Gasteiger partial charge in [0, 0.05) is 0 Å². The molecule has 0 aliphatic rings. The molecule has 0 fully saturated rings. The van der Waals surface area contributed by atoms with Gasteiger partial charge in [-0.1, -0.05) is 92.7 Å². The van der Waals surface area contributed by atoms with Crippen molar-refractivity contribution in [1.29, 1.82) is 0 Å². The lowest BCUT2D eigenvalue weighted by atomic mass is 10.2. The number of hydrogen-bond acceptors (Lipinski definition) is 1. The Hall–Kier alpha value is -2.13. The minimum absolute atomic E-state index is 0.481. The Kier molecular flexibility index (Phi) is 13.0. The number of allylic oxidation sites excluding steroid dienone is 4. The molecule has 0 spiro atoms. The first-order valence-corrected chi connectivity index (χ1v) is 9.85. The van der Waals surface area contributed by atoms with E-state index in [1.54, 1.807) is 0 Å². The van der Waals surface area contributed by atoms with E-state index in [9.17, 15) is 5.11 Å². The van der Waals surface area contributed by atoms with Crippen LogP contribution in [0.4, 0.5) is 0 Å². The fourth-order valence-electron chi connectivity index (χ4n) is 2.22. The van der Waals surface area contributed by atoms with Crippen molar-refractivity contribution in [2.45, 2.75) is 33.5 Å². The van der Waals surface area contributed by atoms with Crippen LogP contribution in [0.25, 0.3) is 0 Å². The van der Waals surface area contributed by atoms with Gasteiger partial charge in [0.05, 0.1) is 0 Å². The van der Waals surface area contributed by atoms with E-state index in [2.05, 4.69) is 38.0 Å². The van der Waals surface area contributed by atoms with E-state index < -0.39 is 13.8 Å². The first kappa shape index (κ1) is 22.9. The molecule has 2 aromatic rings. The van der Waals surface area contributed by atoms with Crippen molar-refractivity contribution in [3.8, 4) is 12.8 Å². The van der Waals surface area contributed by atoms with Gasteiger partial charge in [-0.15, -0.1) is 12.8 Å². The molecule has 0 heterocycles. The molecule has 0 bridgehead atoms. The van der Waals surface area contributed by atoms with Gasteiger partial charge in [0.1, 0.15) is 5.85 Å². The van der Waals surface area contributed by atoms with Crippen LogP contribution in [0.3, 0.4) is 0 Å². The van der Waals surface area contributed by atoms with Crippen molar-refractivity contribution in [3.05, 3.63) is 89.8 Å². The molecule has 0 aliphatic carbocycles. The zero-order chi connectivity index (χ0) is 19.1. The quantitative estimate of drug-likeness (QED) is 0.383. The Morgan fingerprint density at radius 2 is 1.44 bits per heavy atom. The molecule has 0 saturated carbocycles. The van der Waals surface area contributed by atoms with E-state index in [1.165, 1.54) is 10.6 Å². The van der Waals surface area contributed by atoms with Crippen molar-refractivity contribution < 1.29 is 5.11 Å². The van der Waals surface area contributed by atoms with Crippen LogP contribution in [0, 0.1) is 12.8 Å². The maximum atomic E-state index is 10.9. The van der Waals surface area contributed by atoms with E-state index in [0.29, 0.717) is 0 Å². The largest absolute Gasteiger partial charge is 0.383 e. The van der Waals surface area contributed by atoms with E-state index >= 15 is 0 Å². The second-order valence-corrected chi connectivity index (χ2v) is 7.27. The van der Waals surface area contributed by atoms with Crippen molar-refractivity contribution in [2.75, 3.05) is 0 Å². The summed E-state index contributed by atoms with van der Waals surface area (Å²) in [6, 6.07) is 20.2. The fourth-order valence-corrected chi connectivity index (χ4v) is 4.50. The Morgan fingerprint density at radius 1 is 0.960 bits per heavy atom. The van der Waals surface area contributed by atoms with Crippen LogP contribution in [-0.4, -0.2) is 5.11 Å². The van der Waals surface area contributed by atoms with E-state index in [1.807, 2.05) is 81.5 Å². The average Bonchev–Trinajstić information content (AvgIpc) is 2.71. The number of terminal acetylenes is 1. The average molecular weight is 352 g/mol. The highest BCUT2D eigenvalue weighted by atomic mass is 31.1. The second kappa shape index (κ2) is 14.2. The zero-order valence-corrected chi connectivity index (χ0v) is 16.5. The summed E-state index contributed by atoms with van der Waals surface area (Å²) < 4.78 is 0. The number of aliphatic hydroxyl groups is 1. The number of benzene rings is 2. The monoisotopic (exact) mass is 352 g/mol. The normalized spacial score (nSPS) is 13.0. The molecule has 0 radical (unpaired) electrons. The van der Waals surface area contributed by atoms with Crippen molar-refractivity contribution >= 4 is 13.2 Å². The maximum Gasteiger partial charge on any atom is 0.106 e. The summed E-state index contributed by atoms with van der Waals surface area (Å²) in [5, 5.41) is 13.3. The molecule has 2 aromatic carbocycles. The zero-order valence-electron chi connectivity index (χ0n) is 15.6. The fraction of sp³-hybridized carbons (Fsp3) is 0.217. The topological polar surface area (TPSA) is 20.2 Å². The third-order valence-corrected chi connectivity index (χ3v) is 5.84. The van der Waals surface area contributed by atoms with E-state index in [4.69, 9.17) is 0 Å². The van der Waals surface area contributed by atoms with Gasteiger partial charge in [-0.05, 0) is 38.0 Å². The summed E-state index contributed by atoms with van der Waals surface area (Å²) in [5.41, 5.74) is 0.973. The number of hydrogen-bond donors (Lipinski definition) is 1. The summed E-state index contributed by atoms with van der Waals surface area (Å²) in [4.78, 5) is 0. The summed E-state index contributed by atoms with van der Waals surface area (Å²) in [7, 11) is -0.801. The predicted molar refractivity (Wildman–Crippen MR) is 114 cm³/mol. The van der Waals surface area contributed by atoms with Gasteiger partial charge in [0.25, 0.3) is 0 Å². The number of rotatable bonds is 5. The smallest absolute Gasteiger partial charge is 0.106 e. The van der Waals surface area contributed by atoms with Gasteiger partial charge in [-0.3, -0.25) is 0 Å². The lowest BCUT2D eigenvalue weighted by Crippen LogP contribution is -2.08. The minimum atomic E-state index is -0.801. The highest BCUT2D eigenvalue weighted by molar-refractivity contribution is 7.69. The highest BCUT2D eigenvalue weighted by Crippen LogP contribution is 2.54. The SMILES string of the molecule is C#C.C/C=C\C=C(/C)P(c1ccccc1)C(O)c1ccccc1.CC. The number of aliphatic hydroxyl groups excluding tert-OH is 1. The molecular formula is C23H29OP. The first-order valence-electron chi connectivity index (χ1n) is 8.44. The molecule has 1 nitrogen and oxygen atoms in total. The molecule has 2 atom stereocenters. The third kappa shape index (κ3) is 7.53. The summed E-state index contributed by atoms with van der Waals surface area (Å²) in [6.45, 7) is 8.10. The molecule has 2 unspecified atom stereocenters. The first-order chi connectivity index (χ1) is 12.2. The van der Waals surface area contributed by atoms with Gasteiger partial charge in [0.15, 0.2) is 0 Å². The maximum absolute atomic E-state index is 10.9. The Balaban J connectivity index is 0.00000134. The lowest BCUT2D eigenvalue weighted by molar-refractivity contribution is 0.265. The minimum Gasteiger partial charge on any atom is -0.383 e. The second-order valence-electron chi connectivity index (χ2n) is 4.82. The summed E-state index contributed by atoms with van der Waals surface area (Å²) in [6.07, 6.45) is 14.1. The molecule has 2 heteroatoms. The van der Waals surface area contributed by atoms with Crippen molar-refractivity contribution in [2.24, 2.45) is 0 Å². The molecule has 132 valence electrons. The molecular weight excluding hydrogens is 323 g/mol. The van der Waals surface area contributed by atoms with Crippen LogP contribution in [0.15, 0.2) is 84.2 Å². The van der Waals surface area contributed by atoms with Crippen LogP contribution >= 0.6 is 7.92 Å². The summed E-state index contributed by atoms with van der Waals surface area (Å²) >= 11 is 0. The lowest BCUT2D eigenvalue weighted by Gasteiger charge is -2.25. The van der Waals surface area contributed by atoms with Gasteiger partial charge in [0.2, 0.25) is 0 Å². The molecule has 1 N–H and O–H groups in total. The van der Waals surface area contributed by atoms with Crippen LogP contribution in [0.5, 0.6) is 0 Å². The highest BCUT2D eigenvalue weighted by Gasteiger charge is 2.23. The van der Waals surface area contributed by atoms with Crippen LogP contribution < -0.4 is 5.30 Å². The van der Waals surface area contributed by atoms with Gasteiger partial charge < -0.3 is 5.11 Å². The van der Waals surface area contributed by atoms with Gasteiger partial charge in [-0.25, -0.2) is 0 Å². The van der Waals surface area contributed by atoms with Crippen molar-refractivity contribution in [1.82, 2.24) is 0 Å². The molecule has 0 amide bonds. The van der Waals surface area contributed by atoms with Crippen LogP contribution in [0.2, 0.25) is 0 Å². The third-order valence-electron chi connectivity index (χ3n) is 3.29. The van der Waals surface area contributed by atoms with E-state index in [0.717, 1.165) is 5.56 Å². The molecule has 25 heavy (non-hydrogen) atoms. The Labute approximate surface area is 154 Å². The Morgan fingerprint density at radius 3 is 1.92 bits per heavy atom. The van der Waals surface area contributed by atoms with E-state index in [-0.39, 0.29) is 0 Å². The van der Waals surface area contributed by atoms with Crippen LogP contribution in [-0.2, 0) is 0 Å². The molecule has 0 aromatic heterocycles. The molecule has 2 rings (SSSR count). The molecule has 0 aliphatic heterocycles. The van der Waals surface area contributed by atoms with Crippen LogP contribution in [0.1, 0.15) is 39.1 Å². The standard InChI is InChI=1S/C19H21OP.C2H6.C2H2/c1-3-4-11-16(2)21(18-14-9-6-10-15-18)19(20)17-12-7-5-8-13-17;2*1-2/h3-15,19-20H,1-2H3;1-2H3;1-2H/b4-3-,16-11+;;. The van der Waals surface area contributed by atoms with Crippen molar-refractivity contribution in [3.63, 3.8) is 0 Å². The van der Waals surface area contributed by atoms with Gasteiger partial charge in [-0.2, -0.15) is 0 Å².